The van der Waals surface area contributed by atoms with Crippen LogP contribution in [0, 0.1) is 11.8 Å². The van der Waals surface area contributed by atoms with Crippen molar-refractivity contribution in [3.63, 3.8) is 0 Å². The van der Waals surface area contributed by atoms with E-state index in [1.807, 2.05) is 12.4 Å². The highest BCUT2D eigenvalue weighted by molar-refractivity contribution is 5.44. The molecular formula is C18H29N3. The summed E-state index contributed by atoms with van der Waals surface area (Å²) in [6.45, 7) is 5.98. The summed E-state index contributed by atoms with van der Waals surface area (Å²) in [5.41, 5.74) is 1.32. The molecule has 1 saturated heterocycles. The maximum Gasteiger partial charge on any atom is 0.0397 e. The standard InChI is InChI=1S/C18H29N3/c1-15-2-4-16(5-3-15)14-20-17-8-12-21(13-9-17)18-6-10-19-11-7-18/h6-7,10-11,15-17,20H,2-5,8-9,12-14H2,1H3. The smallest absolute Gasteiger partial charge is 0.0397 e. The number of anilines is 1. The summed E-state index contributed by atoms with van der Waals surface area (Å²) in [6.07, 6.45) is 12.1. The van der Waals surface area contributed by atoms with Crippen LogP contribution in [0.3, 0.4) is 0 Å². The zero-order chi connectivity index (χ0) is 14.5. The van der Waals surface area contributed by atoms with Gasteiger partial charge < -0.3 is 10.2 Å². The lowest BCUT2D eigenvalue weighted by Crippen LogP contribution is -2.44. The van der Waals surface area contributed by atoms with Gasteiger partial charge in [-0.05, 0) is 56.2 Å². The lowest BCUT2D eigenvalue weighted by molar-refractivity contribution is 0.267. The number of rotatable bonds is 4. The highest BCUT2D eigenvalue weighted by atomic mass is 15.1. The van der Waals surface area contributed by atoms with Crippen LogP contribution in [0.5, 0.6) is 0 Å². The Morgan fingerprint density at radius 1 is 1.05 bits per heavy atom. The van der Waals surface area contributed by atoms with Crippen LogP contribution in [0.1, 0.15) is 45.4 Å². The van der Waals surface area contributed by atoms with Gasteiger partial charge in [-0.2, -0.15) is 0 Å². The van der Waals surface area contributed by atoms with Crippen LogP contribution in [-0.2, 0) is 0 Å². The van der Waals surface area contributed by atoms with Crippen LogP contribution in [-0.4, -0.2) is 30.7 Å². The summed E-state index contributed by atoms with van der Waals surface area (Å²) < 4.78 is 0. The largest absolute Gasteiger partial charge is 0.371 e. The minimum Gasteiger partial charge on any atom is -0.371 e. The van der Waals surface area contributed by atoms with Crippen molar-refractivity contribution in [1.29, 1.82) is 0 Å². The Labute approximate surface area is 129 Å². The molecule has 0 spiro atoms. The first-order valence-corrected chi connectivity index (χ1v) is 8.69. The van der Waals surface area contributed by atoms with E-state index in [1.165, 1.54) is 63.8 Å². The van der Waals surface area contributed by atoms with E-state index in [-0.39, 0.29) is 0 Å². The van der Waals surface area contributed by atoms with Gasteiger partial charge in [0.25, 0.3) is 0 Å². The molecule has 2 aliphatic rings. The summed E-state index contributed by atoms with van der Waals surface area (Å²) >= 11 is 0. The molecule has 0 unspecified atom stereocenters. The number of nitrogens with one attached hydrogen (secondary N) is 1. The molecule has 1 saturated carbocycles. The zero-order valence-electron chi connectivity index (χ0n) is 13.3. The molecule has 21 heavy (non-hydrogen) atoms. The molecule has 1 aromatic heterocycles. The van der Waals surface area contributed by atoms with E-state index < -0.39 is 0 Å². The van der Waals surface area contributed by atoms with E-state index in [1.54, 1.807) is 0 Å². The minimum absolute atomic E-state index is 0.724. The first-order valence-electron chi connectivity index (χ1n) is 8.69. The number of nitrogens with zero attached hydrogens (tertiary/aromatic N) is 2. The van der Waals surface area contributed by atoms with Crippen LogP contribution in [0.15, 0.2) is 24.5 Å². The molecule has 2 heterocycles. The molecule has 1 aromatic rings. The normalized spacial score (nSPS) is 27.8. The Morgan fingerprint density at radius 3 is 2.38 bits per heavy atom. The molecule has 3 rings (SSSR count). The summed E-state index contributed by atoms with van der Waals surface area (Å²) in [5, 5.41) is 3.84. The fourth-order valence-electron chi connectivity index (χ4n) is 3.76. The molecule has 0 radical (unpaired) electrons. The van der Waals surface area contributed by atoms with Crippen LogP contribution in [0.25, 0.3) is 0 Å². The van der Waals surface area contributed by atoms with Gasteiger partial charge in [0.2, 0.25) is 0 Å². The number of aromatic nitrogens is 1. The molecule has 116 valence electrons. The van der Waals surface area contributed by atoms with E-state index in [0.717, 1.165) is 17.9 Å². The summed E-state index contributed by atoms with van der Waals surface area (Å²) in [7, 11) is 0. The number of hydrogen-bond acceptors (Lipinski definition) is 3. The Kier molecular flexibility index (Phi) is 5.13. The second kappa shape index (κ2) is 7.26. The van der Waals surface area contributed by atoms with Crippen LogP contribution in [0.2, 0.25) is 0 Å². The molecule has 0 aromatic carbocycles. The molecule has 2 fully saturated rings. The highest BCUT2D eigenvalue weighted by Crippen LogP contribution is 2.28. The van der Waals surface area contributed by atoms with Gasteiger partial charge in [0.15, 0.2) is 0 Å². The van der Waals surface area contributed by atoms with Gasteiger partial charge in [0.05, 0.1) is 0 Å². The lowest BCUT2D eigenvalue weighted by atomic mass is 9.83. The molecule has 0 bridgehead atoms. The number of piperidine rings is 1. The average Bonchev–Trinajstić information content (AvgIpc) is 2.56. The maximum atomic E-state index is 4.10. The van der Waals surface area contributed by atoms with Crippen molar-refractivity contribution in [2.45, 2.75) is 51.5 Å². The molecule has 3 heteroatoms. The van der Waals surface area contributed by atoms with Gasteiger partial charge >= 0.3 is 0 Å². The first-order chi connectivity index (χ1) is 10.3. The average molecular weight is 287 g/mol. The molecular weight excluding hydrogens is 258 g/mol. The second-order valence-electron chi connectivity index (χ2n) is 7.00. The topological polar surface area (TPSA) is 28.2 Å². The molecule has 1 N–H and O–H groups in total. The van der Waals surface area contributed by atoms with Crippen LogP contribution >= 0.6 is 0 Å². The Hall–Kier alpha value is -1.09. The third-order valence-electron chi connectivity index (χ3n) is 5.35. The van der Waals surface area contributed by atoms with E-state index in [2.05, 4.69) is 34.3 Å². The third kappa shape index (κ3) is 4.19. The van der Waals surface area contributed by atoms with Crippen LogP contribution in [0.4, 0.5) is 5.69 Å². The second-order valence-corrected chi connectivity index (χ2v) is 7.00. The van der Waals surface area contributed by atoms with Crippen molar-refractivity contribution in [3.05, 3.63) is 24.5 Å². The first kappa shape index (κ1) is 14.8. The fourth-order valence-corrected chi connectivity index (χ4v) is 3.76. The van der Waals surface area contributed by atoms with Gasteiger partial charge in [-0.3, -0.25) is 4.98 Å². The van der Waals surface area contributed by atoms with Crippen molar-refractivity contribution in [3.8, 4) is 0 Å². The van der Waals surface area contributed by atoms with Crippen molar-refractivity contribution >= 4 is 5.69 Å². The number of hydrogen-bond donors (Lipinski definition) is 1. The van der Waals surface area contributed by atoms with Gasteiger partial charge in [-0.25, -0.2) is 0 Å². The quantitative estimate of drug-likeness (QED) is 0.919. The Morgan fingerprint density at radius 2 is 1.71 bits per heavy atom. The fraction of sp³-hybridized carbons (Fsp3) is 0.722. The Balaban J connectivity index is 1.38. The van der Waals surface area contributed by atoms with Crippen molar-refractivity contribution in [1.82, 2.24) is 10.3 Å². The van der Waals surface area contributed by atoms with Gasteiger partial charge in [-0.1, -0.05) is 19.8 Å². The molecule has 0 atom stereocenters. The summed E-state index contributed by atoms with van der Waals surface area (Å²) in [4.78, 5) is 6.59. The predicted octanol–water partition coefficient (Wildman–Crippen LogP) is 3.47. The number of pyridine rings is 1. The van der Waals surface area contributed by atoms with E-state index in [4.69, 9.17) is 0 Å². The van der Waals surface area contributed by atoms with E-state index >= 15 is 0 Å². The SMILES string of the molecule is CC1CCC(CNC2CCN(c3ccncc3)CC2)CC1. The van der Waals surface area contributed by atoms with Gasteiger partial charge in [0, 0.05) is 37.2 Å². The van der Waals surface area contributed by atoms with Gasteiger partial charge in [0.1, 0.15) is 0 Å². The lowest BCUT2D eigenvalue weighted by Gasteiger charge is -2.35. The molecule has 0 amide bonds. The predicted molar refractivity (Wildman–Crippen MR) is 88.6 cm³/mol. The summed E-state index contributed by atoms with van der Waals surface area (Å²) in [5.74, 6) is 1.89. The van der Waals surface area contributed by atoms with Crippen molar-refractivity contribution < 1.29 is 0 Å². The molecule has 3 nitrogen and oxygen atoms in total. The molecule has 1 aliphatic carbocycles. The Bertz CT molecular complexity index is 404. The van der Waals surface area contributed by atoms with Crippen LogP contribution < -0.4 is 10.2 Å². The van der Waals surface area contributed by atoms with E-state index in [0.29, 0.717) is 0 Å². The zero-order valence-corrected chi connectivity index (χ0v) is 13.3. The molecule has 1 aliphatic heterocycles. The van der Waals surface area contributed by atoms with Gasteiger partial charge in [-0.15, -0.1) is 0 Å². The summed E-state index contributed by atoms with van der Waals surface area (Å²) in [6, 6.07) is 4.97. The monoisotopic (exact) mass is 287 g/mol. The van der Waals surface area contributed by atoms with Crippen molar-refractivity contribution in [2.24, 2.45) is 11.8 Å². The van der Waals surface area contributed by atoms with E-state index in [9.17, 15) is 0 Å². The van der Waals surface area contributed by atoms with Crippen molar-refractivity contribution in [2.75, 3.05) is 24.5 Å². The maximum absolute atomic E-state index is 4.10. The third-order valence-corrected chi connectivity index (χ3v) is 5.35. The minimum atomic E-state index is 0.724. The highest BCUT2D eigenvalue weighted by Gasteiger charge is 2.22.